The first kappa shape index (κ1) is 19.0. The zero-order chi connectivity index (χ0) is 19.7. The van der Waals surface area contributed by atoms with Crippen LogP contribution in [0, 0.1) is 17.7 Å². The van der Waals surface area contributed by atoms with Gasteiger partial charge in [0.15, 0.2) is 5.82 Å². The second-order valence-electron chi connectivity index (χ2n) is 7.64. The predicted octanol–water partition coefficient (Wildman–Crippen LogP) is 2.05. The summed E-state index contributed by atoms with van der Waals surface area (Å²) in [6, 6.07) is 6.51. The van der Waals surface area contributed by atoms with Crippen LogP contribution < -0.4 is 0 Å². The normalized spacial score (nSPS) is 24.7. The third-order valence-corrected chi connectivity index (χ3v) is 5.73. The molecule has 2 saturated heterocycles. The molecular formula is C20H25FN4O3. The molecule has 8 heteroatoms. The number of amides is 1. The molecule has 150 valence electrons. The summed E-state index contributed by atoms with van der Waals surface area (Å²) in [6.45, 7) is 5.10. The van der Waals surface area contributed by atoms with E-state index < -0.39 is 0 Å². The Morgan fingerprint density at radius 3 is 2.96 bits per heavy atom. The van der Waals surface area contributed by atoms with Gasteiger partial charge in [0.05, 0.1) is 19.2 Å². The Morgan fingerprint density at radius 1 is 1.36 bits per heavy atom. The minimum atomic E-state index is -0.270. The quantitative estimate of drug-likeness (QED) is 0.754. The predicted molar refractivity (Wildman–Crippen MR) is 98.7 cm³/mol. The van der Waals surface area contributed by atoms with E-state index in [4.69, 9.17) is 9.26 Å². The van der Waals surface area contributed by atoms with Crippen molar-refractivity contribution in [2.75, 3.05) is 33.4 Å². The van der Waals surface area contributed by atoms with Gasteiger partial charge in [0.25, 0.3) is 0 Å². The Kier molecular flexibility index (Phi) is 5.41. The Balaban J connectivity index is 1.47. The maximum Gasteiger partial charge on any atom is 0.240 e. The number of carbonyl (C=O) groups is 1. The van der Waals surface area contributed by atoms with E-state index in [2.05, 4.69) is 15.0 Å². The fraction of sp³-hybridized carbons (Fsp3) is 0.550. The van der Waals surface area contributed by atoms with Crippen LogP contribution in [0.3, 0.4) is 0 Å². The summed E-state index contributed by atoms with van der Waals surface area (Å²) in [6.07, 6.45) is 0.625. The van der Waals surface area contributed by atoms with Crippen molar-refractivity contribution < 1.29 is 18.4 Å². The molecular weight excluding hydrogens is 363 g/mol. The third-order valence-electron chi connectivity index (χ3n) is 5.73. The van der Waals surface area contributed by atoms with E-state index in [1.165, 1.54) is 6.07 Å². The first-order valence-electron chi connectivity index (χ1n) is 9.60. The molecule has 0 aliphatic carbocycles. The van der Waals surface area contributed by atoms with Gasteiger partial charge in [0, 0.05) is 46.0 Å². The van der Waals surface area contributed by atoms with Crippen LogP contribution in [0.4, 0.5) is 4.39 Å². The van der Waals surface area contributed by atoms with Gasteiger partial charge in [-0.05, 0) is 23.6 Å². The molecule has 3 atom stereocenters. The number of fused-ring (bicyclic) bond motifs is 1. The molecule has 0 bridgehead atoms. The zero-order valence-corrected chi connectivity index (χ0v) is 16.2. The van der Waals surface area contributed by atoms with E-state index in [9.17, 15) is 9.18 Å². The summed E-state index contributed by atoms with van der Waals surface area (Å²) in [5.74, 6) is 1.63. The number of carbonyl (C=O) groups excluding carboxylic acids is 1. The molecule has 2 aromatic rings. The molecule has 0 unspecified atom stereocenters. The standard InChI is InChI=1S/C20H25FN4O3/c1-13(26)25-10-15-9-24(12-19-22-18(23-28-19)6-7-27-2)11-17(15)20(25)14-4-3-5-16(21)8-14/h3-5,8,15,17,20H,6-7,9-12H2,1-2H3/t15-,17-,20+/m1/s1. The Bertz CT molecular complexity index is 842. The van der Waals surface area contributed by atoms with Gasteiger partial charge in [-0.1, -0.05) is 17.3 Å². The van der Waals surface area contributed by atoms with Gasteiger partial charge in [-0.25, -0.2) is 4.39 Å². The number of rotatable bonds is 6. The highest BCUT2D eigenvalue weighted by molar-refractivity contribution is 5.74. The van der Waals surface area contributed by atoms with Gasteiger partial charge in [-0.2, -0.15) is 4.98 Å². The molecule has 1 aromatic carbocycles. The van der Waals surface area contributed by atoms with Crippen LogP contribution in [0.2, 0.25) is 0 Å². The van der Waals surface area contributed by atoms with Crippen LogP contribution in [0.5, 0.6) is 0 Å². The molecule has 7 nitrogen and oxygen atoms in total. The monoisotopic (exact) mass is 388 g/mol. The number of ether oxygens (including phenoxy) is 1. The minimum absolute atomic E-state index is 0.0369. The van der Waals surface area contributed by atoms with Crippen molar-refractivity contribution in [1.82, 2.24) is 19.9 Å². The lowest BCUT2D eigenvalue weighted by atomic mass is 9.89. The highest BCUT2D eigenvalue weighted by Gasteiger charge is 2.48. The topological polar surface area (TPSA) is 71.7 Å². The first-order chi connectivity index (χ1) is 13.5. The van der Waals surface area contributed by atoms with E-state index >= 15 is 0 Å². The fourth-order valence-corrected chi connectivity index (χ4v) is 4.55. The molecule has 1 aromatic heterocycles. The number of hydrogen-bond acceptors (Lipinski definition) is 6. The molecule has 1 amide bonds. The van der Waals surface area contributed by atoms with Crippen LogP contribution in [-0.4, -0.2) is 59.2 Å². The smallest absolute Gasteiger partial charge is 0.240 e. The van der Waals surface area contributed by atoms with E-state index in [0.29, 0.717) is 43.8 Å². The maximum atomic E-state index is 13.8. The second kappa shape index (κ2) is 7.97. The number of benzene rings is 1. The first-order valence-corrected chi connectivity index (χ1v) is 9.60. The van der Waals surface area contributed by atoms with Gasteiger partial charge in [-0.15, -0.1) is 0 Å². The third kappa shape index (κ3) is 3.79. The fourth-order valence-electron chi connectivity index (χ4n) is 4.55. The van der Waals surface area contributed by atoms with Crippen LogP contribution in [-0.2, 0) is 22.5 Å². The Morgan fingerprint density at radius 2 is 2.21 bits per heavy atom. The Hall–Kier alpha value is -2.32. The summed E-state index contributed by atoms with van der Waals surface area (Å²) in [4.78, 5) is 20.8. The van der Waals surface area contributed by atoms with Crippen LogP contribution >= 0.6 is 0 Å². The average molecular weight is 388 g/mol. The van der Waals surface area contributed by atoms with E-state index in [1.807, 2.05) is 11.0 Å². The number of likely N-dealkylation sites (tertiary alicyclic amines) is 2. The lowest BCUT2D eigenvalue weighted by Crippen LogP contribution is -2.34. The number of hydrogen-bond donors (Lipinski definition) is 0. The van der Waals surface area contributed by atoms with Crippen LogP contribution in [0.15, 0.2) is 28.8 Å². The highest BCUT2D eigenvalue weighted by atomic mass is 19.1. The number of aromatic nitrogens is 2. The average Bonchev–Trinajstić information content (AvgIpc) is 3.34. The van der Waals surface area contributed by atoms with Crippen LogP contribution in [0.1, 0.15) is 30.2 Å². The molecule has 2 aliphatic rings. The lowest BCUT2D eigenvalue weighted by Gasteiger charge is -2.29. The summed E-state index contributed by atoms with van der Waals surface area (Å²) >= 11 is 0. The van der Waals surface area contributed by atoms with Crippen molar-refractivity contribution in [3.8, 4) is 0 Å². The SMILES string of the molecule is COCCc1noc(CN2C[C@@H]3CN(C(C)=O)[C@@H](c4cccc(F)c4)[C@@H]3C2)n1. The van der Waals surface area contributed by atoms with Gasteiger partial charge in [-0.3, -0.25) is 9.69 Å². The Labute approximate surface area is 163 Å². The number of methoxy groups -OCH3 is 1. The number of halogens is 1. The van der Waals surface area contributed by atoms with Crippen molar-refractivity contribution in [3.63, 3.8) is 0 Å². The second-order valence-corrected chi connectivity index (χ2v) is 7.64. The van der Waals surface area contributed by atoms with Gasteiger partial charge < -0.3 is 14.2 Å². The van der Waals surface area contributed by atoms with E-state index in [-0.39, 0.29) is 23.7 Å². The van der Waals surface area contributed by atoms with E-state index in [1.54, 1.807) is 26.2 Å². The van der Waals surface area contributed by atoms with Crippen molar-refractivity contribution in [2.24, 2.45) is 11.8 Å². The summed E-state index contributed by atoms with van der Waals surface area (Å²) < 4.78 is 24.2. The van der Waals surface area contributed by atoms with Crippen molar-refractivity contribution in [2.45, 2.75) is 25.9 Å². The molecule has 28 heavy (non-hydrogen) atoms. The molecule has 2 aliphatic heterocycles. The largest absolute Gasteiger partial charge is 0.384 e. The minimum Gasteiger partial charge on any atom is -0.384 e. The molecule has 3 heterocycles. The van der Waals surface area contributed by atoms with Gasteiger partial charge in [0.2, 0.25) is 11.8 Å². The molecule has 0 radical (unpaired) electrons. The lowest BCUT2D eigenvalue weighted by molar-refractivity contribution is -0.130. The highest BCUT2D eigenvalue weighted by Crippen LogP contribution is 2.45. The van der Waals surface area contributed by atoms with Crippen molar-refractivity contribution in [1.29, 1.82) is 0 Å². The van der Waals surface area contributed by atoms with E-state index in [0.717, 1.165) is 18.7 Å². The summed E-state index contributed by atoms with van der Waals surface area (Å²) in [7, 11) is 1.64. The molecule has 0 saturated carbocycles. The van der Waals surface area contributed by atoms with Crippen molar-refractivity contribution >= 4 is 5.91 Å². The van der Waals surface area contributed by atoms with Gasteiger partial charge >= 0.3 is 0 Å². The van der Waals surface area contributed by atoms with Crippen LogP contribution in [0.25, 0.3) is 0 Å². The maximum absolute atomic E-state index is 13.8. The number of nitrogens with zero attached hydrogens (tertiary/aromatic N) is 4. The van der Waals surface area contributed by atoms with Gasteiger partial charge in [0.1, 0.15) is 5.82 Å². The van der Waals surface area contributed by atoms with Crippen molar-refractivity contribution in [3.05, 3.63) is 47.4 Å². The molecule has 4 rings (SSSR count). The molecule has 0 N–H and O–H groups in total. The molecule has 0 spiro atoms. The summed E-state index contributed by atoms with van der Waals surface area (Å²) in [5, 5.41) is 3.99. The molecule has 2 fully saturated rings. The zero-order valence-electron chi connectivity index (χ0n) is 16.2. The summed E-state index contributed by atoms with van der Waals surface area (Å²) in [5.41, 5.74) is 0.865.